The molecule has 31 heavy (non-hydrogen) atoms. The van der Waals surface area contributed by atoms with Crippen molar-refractivity contribution in [3.8, 4) is 0 Å². The quantitative estimate of drug-likeness (QED) is 0.476. The maximum atomic E-state index is 13.3. The Morgan fingerprint density at radius 3 is 1.39 bits per heavy atom. The van der Waals surface area contributed by atoms with Crippen LogP contribution >= 0.6 is 7.26 Å². The second kappa shape index (κ2) is 9.45. The lowest BCUT2D eigenvalue weighted by molar-refractivity contribution is -0.143. The van der Waals surface area contributed by atoms with Gasteiger partial charge in [-0.25, -0.2) is 4.79 Å². The molecule has 1 unspecified atom stereocenters. The van der Waals surface area contributed by atoms with Gasteiger partial charge in [-0.15, -0.1) is 0 Å². The third kappa shape index (κ3) is 4.55. The Bertz CT molecular complexity index is 918. The molecule has 0 heterocycles. The fourth-order valence-electron chi connectivity index (χ4n) is 3.65. The predicted molar refractivity (Wildman–Crippen MR) is 129 cm³/mol. The number of ether oxygens (including phenoxy) is 1. The van der Waals surface area contributed by atoms with Gasteiger partial charge in [0, 0.05) is 5.41 Å². The first-order valence-corrected chi connectivity index (χ1v) is 12.1. The largest absolute Gasteiger partial charge is 0.465 e. The summed E-state index contributed by atoms with van der Waals surface area (Å²) in [5.41, 5.74) is -0.661. The summed E-state index contributed by atoms with van der Waals surface area (Å²) in [4.78, 5) is 26.5. The summed E-state index contributed by atoms with van der Waals surface area (Å²) in [7, 11) is -1.30. The zero-order chi connectivity index (χ0) is 22.5. The van der Waals surface area contributed by atoms with E-state index >= 15 is 0 Å². The van der Waals surface area contributed by atoms with E-state index in [1.165, 1.54) is 7.11 Å². The van der Waals surface area contributed by atoms with Gasteiger partial charge >= 0.3 is 5.97 Å². The summed E-state index contributed by atoms with van der Waals surface area (Å²) >= 11 is 0. The molecule has 0 aromatic heterocycles. The van der Waals surface area contributed by atoms with Gasteiger partial charge in [0.15, 0.2) is 0 Å². The Balaban J connectivity index is 2.39. The highest BCUT2D eigenvalue weighted by Crippen LogP contribution is 2.59. The zero-order valence-electron chi connectivity index (χ0n) is 18.4. The first kappa shape index (κ1) is 22.7. The molecule has 1 atom stereocenters. The van der Waals surface area contributed by atoms with Crippen molar-refractivity contribution in [1.29, 1.82) is 0 Å². The van der Waals surface area contributed by atoms with Gasteiger partial charge in [-0.3, -0.25) is 4.79 Å². The Hall–Kier alpha value is -2.97. The van der Waals surface area contributed by atoms with Crippen LogP contribution in [0.4, 0.5) is 0 Å². The third-order valence-corrected chi connectivity index (χ3v) is 9.70. The average Bonchev–Trinajstić information content (AvgIpc) is 2.80. The first-order chi connectivity index (χ1) is 14.8. The van der Waals surface area contributed by atoms with Crippen LogP contribution < -0.4 is 21.2 Å². The molecule has 0 aliphatic rings. The fraction of sp³-hybridized carbons (Fsp3) is 0.231. The van der Waals surface area contributed by atoms with Gasteiger partial charge < -0.3 is 10.1 Å². The smallest absolute Gasteiger partial charge is 0.369 e. The summed E-state index contributed by atoms with van der Waals surface area (Å²) in [6, 6.07) is 29.9. The Kier molecular flexibility index (Phi) is 6.92. The van der Waals surface area contributed by atoms with E-state index in [1.807, 2.05) is 112 Å². The monoisotopic (exact) mass is 434 g/mol. The number of rotatable bonds is 6. The molecule has 3 aromatic carbocycles. The minimum absolute atomic E-state index is 0.199. The Morgan fingerprint density at radius 2 is 1.10 bits per heavy atom. The third-order valence-electron chi connectivity index (χ3n) is 5.25. The SMILES string of the molecule is COC(=O)C(NC(=O)C(C)(C)C)[P+](c1ccccc1)(c1ccccc1)c1ccccc1. The normalized spacial score (nSPS) is 12.6. The van der Waals surface area contributed by atoms with Crippen molar-refractivity contribution in [2.24, 2.45) is 5.41 Å². The molecule has 1 amide bonds. The number of benzene rings is 3. The molecule has 0 saturated carbocycles. The minimum atomic E-state index is -2.67. The van der Waals surface area contributed by atoms with Crippen LogP contribution in [0.3, 0.4) is 0 Å². The van der Waals surface area contributed by atoms with Crippen molar-refractivity contribution in [1.82, 2.24) is 5.32 Å². The van der Waals surface area contributed by atoms with E-state index in [9.17, 15) is 9.59 Å². The molecule has 0 aliphatic heterocycles. The van der Waals surface area contributed by atoms with Crippen molar-refractivity contribution in [2.75, 3.05) is 7.11 Å². The summed E-state index contributed by atoms with van der Waals surface area (Å²) in [5.74, 6) is -1.52. The van der Waals surface area contributed by atoms with Crippen molar-refractivity contribution in [2.45, 2.75) is 26.6 Å². The number of methoxy groups -OCH3 is 1. The van der Waals surface area contributed by atoms with Crippen molar-refractivity contribution in [3.05, 3.63) is 91.0 Å². The van der Waals surface area contributed by atoms with Crippen LogP contribution in [-0.2, 0) is 14.3 Å². The molecular weight excluding hydrogens is 405 g/mol. The van der Waals surface area contributed by atoms with E-state index in [0.717, 1.165) is 15.9 Å². The summed E-state index contributed by atoms with van der Waals surface area (Å²) in [6.45, 7) is 5.51. The molecule has 5 heteroatoms. The lowest BCUT2D eigenvalue weighted by atomic mass is 9.96. The standard InChI is InChI=1S/C26H28NO3P/c1-26(2,3)25(29)27-23(24(28)30-4)31(20-14-8-5-9-15-20,21-16-10-6-11-17-21)22-18-12-7-13-19-22/h5-19,23H,1-4H3/p+1. The predicted octanol–water partition coefficient (Wildman–Crippen LogP) is 3.64. The van der Waals surface area contributed by atoms with Gasteiger partial charge in [-0.1, -0.05) is 75.4 Å². The number of hydrogen-bond acceptors (Lipinski definition) is 3. The van der Waals surface area contributed by atoms with Crippen LogP contribution in [-0.4, -0.2) is 24.8 Å². The molecule has 0 bridgehead atoms. The molecule has 0 spiro atoms. The van der Waals surface area contributed by atoms with Crippen molar-refractivity contribution >= 4 is 35.1 Å². The van der Waals surface area contributed by atoms with Gasteiger partial charge in [0.25, 0.3) is 5.78 Å². The number of nitrogens with one attached hydrogen (secondary N) is 1. The maximum Gasteiger partial charge on any atom is 0.369 e. The van der Waals surface area contributed by atoms with Gasteiger partial charge in [-0.2, -0.15) is 0 Å². The second-order valence-corrected chi connectivity index (χ2v) is 11.9. The molecule has 1 N–H and O–H groups in total. The molecule has 0 aliphatic carbocycles. The van der Waals surface area contributed by atoms with E-state index in [-0.39, 0.29) is 5.91 Å². The van der Waals surface area contributed by atoms with E-state index in [0.29, 0.717) is 0 Å². The highest BCUT2D eigenvalue weighted by atomic mass is 31.2. The molecular formula is C26H29NO3P+. The fourth-order valence-corrected chi connectivity index (χ4v) is 8.10. The average molecular weight is 434 g/mol. The van der Waals surface area contributed by atoms with Crippen LogP contribution in [0.25, 0.3) is 0 Å². The summed E-state index contributed by atoms with van der Waals surface area (Å²) in [6.07, 6.45) is 0. The van der Waals surface area contributed by atoms with Gasteiger partial charge in [0.1, 0.15) is 23.2 Å². The van der Waals surface area contributed by atoms with E-state index in [4.69, 9.17) is 4.74 Å². The molecule has 3 rings (SSSR count). The van der Waals surface area contributed by atoms with Gasteiger partial charge in [0.2, 0.25) is 5.91 Å². The number of amides is 1. The van der Waals surface area contributed by atoms with E-state index in [1.54, 1.807) is 0 Å². The summed E-state index contributed by atoms with van der Waals surface area (Å²) < 4.78 is 5.27. The highest BCUT2D eigenvalue weighted by molar-refractivity contribution is 7.96. The van der Waals surface area contributed by atoms with Crippen LogP contribution in [0.15, 0.2) is 91.0 Å². The Morgan fingerprint density at radius 1 is 0.742 bits per heavy atom. The van der Waals surface area contributed by atoms with Crippen molar-refractivity contribution < 1.29 is 14.3 Å². The van der Waals surface area contributed by atoms with Crippen LogP contribution in [0, 0.1) is 5.41 Å². The minimum Gasteiger partial charge on any atom is -0.465 e. The first-order valence-electron chi connectivity index (χ1n) is 10.3. The van der Waals surface area contributed by atoms with Gasteiger partial charge in [-0.05, 0) is 36.4 Å². The number of carbonyl (C=O) groups is 2. The number of esters is 1. The number of hydrogen-bond donors (Lipinski definition) is 1. The van der Waals surface area contributed by atoms with E-state index in [2.05, 4.69) is 5.32 Å². The molecule has 0 radical (unpaired) electrons. The second-order valence-electron chi connectivity index (χ2n) is 8.38. The molecule has 160 valence electrons. The van der Waals surface area contributed by atoms with Gasteiger partial charge in [0.05, 0.1) is 7.11 Å². The molecule has 3 aromatic rings. The lowest BCUT2D eigenvalue weighted by Gasteiger charge is -2.34. The number of carbonyl (C=O) groups excluding carboxylic acids is 2. The Labute approximate surface area is 185 Å². The lowest BCUT2D eigenvalue weighted by Crippen LogP contribution is -2.53. The molecule has 4 nitrogen and oxygen atoms in total. The van der Waals surface area contributed by atoms with E-state index < -0.39 is 24.4 Å². The van der Waals surface area contributed by atoms with Crippen molar-refractivity contribution in [3.63, 3.8) is 0 Å². The maximum absolute atomic E-state index is 13.3. The highest BCUT2D eigenvalue weighted by Gasteiger charge is 2.57. The zero-order valence-corrected chi connectivity index (χ0v) is 19.3. The van der Waals surface area contributed by atoms with Crippen LogP contribution in [0.2, 0.25) is 0 Å². The molecule has 0 fully saturated rings. The van der Waals surface area contributed by atoms with Crippen LogP contribution in [0.5, 0.6) is 0 Å². The topological polar surface area (TPSA) is 55.4 Å². The van der Waals surface area contributed by atoms with Crippen LogP contribution in [0.1, 0.15) is 20.8 Å². The summed E-state index contributed by atoms with van der Waals surface area (Å²) in [5, 5.41) is 6.07. The molecule has 0 saturated heterocycles.